The molecule has 4 rings (SSSR count). The lowest BCUT2D eigenvalue weighted by molar-refractivity contribution is -0.185. The lowest BCUT2D eigenvalue weighted by atomic mass is 9.54. The first-order chi connectivity index (χ1) is 17.3. The Labute approximate surface area is 212 Å². The van der Waals surface area contributed by atoms with Crippen LogP contribution in [0.15, 0.2) is 35.1 Å². The molecule has 198 valence electrons. The highest BCUT2D eigenvalue weighted by Crippen LogP contribution is 2.56. The quantitative estimate of drug-likeness (QED) is 0.278. The standard InChI is InChI=1S/C26H30N2O9/c1-5-7-13(30)37-22-14-10(2)11-8-6-9-12(29)15(11)20(31)16(14)23(33)26(36)18(22)19(28(3)4)21(32)17(24(26)34)25(27)35/h6,8-10,14,18-19,22,29,31,34,36H,5,7H2,1-4H3,(H2,27,35)/t10-,14+,18+,19-,22-,26-/m1/s1. The minimum atomic E-state index is -2.94. The number of fused-ring (bicyclic) bond motifs is 3. The molecule has 1 fully saturated rings. The van der Waals surface area contributed by atoms with Gasteiger partial charge in [-0.05, 0) is 38.1 Å². The number of benzene rings is 1. The highest BCUT2D eigenvalue weighted by atomic mass is 16.5. The van der Waals surface area contributed by atoms with Crippen molar-refractivity contribution in [3.05, 3.63) is 46.2 Å². The van der Waals surface area contributed by atoms with Gasteiger partial charge in [0, 0.05) is 17.9 Å². The molecule has 11 heteroatoms. The molecule has 3 aliphatic carbocycles. The summed E-state index contributed by atoms with van der Waals surface area (Å²) in [6.45, 7) is 3.45. The van der Waals surface area contributed by atoms with Crippen molar-refractivity contribution in [2.24, 2.45) is 17.6 Å². The second kappa shape index (κ2) is 9.00. The number of ether oxygens (including phenoxy) is 1. The van der Waals surface area contributed by atoms with Crippen molar-refractivity contribution >= 4 is 29.2 Å². The molecule has 0 radical (unpaired) electrons. The van der Waals surface area contributed by atoms with Crippen LogP contribution in [0.25, 0.3) is 5.76 Å². The molecular formula is C26H30N2O9. The maximum absolute atomic E-state index is 14.0. The Hall–Kier alpha value is -3.70. The van der Waals surface area contributed by atoms with Crippen LogP contribution < -0.4 is 5.73 Å². The number of primary amides is 1. The zero-order valence-electron chi connectivity index (χ0n) is 20.9. The van der Waals surface area contributed by atoms with Gasteiger partial charge in [-0.15, -0.1) is 0 Å². The number of Topliss-reactive ketones (excluding diaryl/α,β-unsaturated/α-hetero) is 2. The monoisotopic (exact) mass is 514 g/mol. The summed E-state index contributed by atoms with van der Waals surface area (Å²) in [6, 6.07) is 3.12. The number of hydrogen-bond acceptors (Lipinski definition) is 10. The number of aliphatic hydroxyl groups excluding tert-OH is 2. The number of esters is 1. The summed E-state index contributed by atoms with van der Waals surface area (Å²) >= 11 is 0. The average molecular weight is 515 g/mol. The number of nitrogens with zero attached hydrogens (tertiary/aromatic N) is 1. The van der Waals surface area contributed by atoms with Crippen LogP contribution in [0, 0.1) is 11.8 Å². The number of nitrogens with two attached hydrogens (primary N) is 1. The first-order valence-corrected chi connectivity index (χ1v) is 12.0. The van der Waals surface area contributed by atoms with Gasteiger partial charge in [0.1, 0.15) is 28.9 Å². The van der Waals surface area contributed by atoms with E-state index in [1.54, 1.807) is 26.0 Å². The third-order valence-corrected chi connectivity index (χ3v) is 7.69. The normalized spacial score (nSPS) is 31.1. The van der Waals surface area contributed by atoms with Crippen LogP contribution >= 0.6 is 0 Å². The second-order valence-corrected chi connectivity index (χ2v) is 10.0. The number of aromatic hydroxyl groups is 1. The molecule has 0 unspecified atom stereocenters. The molecular weight excluding hydrogens is 484 g/mol. The van der Waals surface area contributed by atoms with Crippen LogP contribution in [0.5, 0.6) is 5.75 Å². The van der Waals surface area contributed by atoms with Gasteiger partial charge in [-0.3, -0.25) is 24.1 Å². The molecule has 37 heavy (non-hydrogen) atoms. The van der Waals surface area contributed by atoms with Crippen molar-refractivity contribution in [3.63, 3.8) is 0 Å². The largest absolute Gasteiger partial charge is 0.508 e. The minimum Gasteiger partial charge on any atom is -0.508 e. The first kappa shape index (κ1) is 26.4. The molecule has 6 N–H and O–H groups in total. The Kier molecular flexibility index (Phi) is 6.41. The van der Waals surface area contributed by atoms with Gasteiger partial charge in [0.05, 0.1) is 17.5 Å². The van der Waals surface area contributed by atoms with E-state index in [1.165, 1.54) is 25.1 Å². The Balaban J connectivity index is 2.09. The van der Waals surface area contributed by atoms with E-state index in [4.69, 9.17) is 10.5 Å². The summed E-state index contributed by atoms with van der Waals surface area (Å²) in [5.41, 5.74) is 1.50. The molecule has 0 aliphatic heterocycles. The van der Waals surface area contributed by atoms with Gasteiger partial charge >= 0.3 is 5.97 Å². The number of ketones is 2. The van der Waals surface area contributed by atoms with Crippen molar-refractivity contribution in [1.82, 2.24) is 4.90 Å². The second-order valence-electron chi connectivity index (χ2n) is 10.0. The molecule has 0 heterocycles. The summed E-state index contributed by atoms with van der Waals surface area (Å²) in [5.74, 6) is -9.62. The van der Waals surface area contributed by atoms with E-state index in [9.17, 15) is 39.6 Å². The summed E-state index contributed by atoms with van der Waals surface area (Å²) in [4.78, 5) is 53.8. The lowest BCUT2D eigenvalue weighted by Gasteiger charge is -2.54. The van der Waals surface area contributed by atoms with Gasteiger partial charge in [-0.1, -0.05) is 26.0 Å². The van der Waals surface area contributed by atoms with Crippen molar-refractivity contribution in [2.45, 2.75) is 50.4 Å². The van der Waals surface area contributed by atoms with Crippen LogP contribution in [-0.4, -0.2) is 80.6 Å². The lowest BCUT2D eigenvalue weighted by Crippen LogP contribution is -2.71. The van der Waals surface area contributed by atoms with Crippen LogP contribution in [0.1, 0.15) is 43.7 Å². The molecule has 0 saturated heterocycles. The molecule has 1 aromatic carbocycles. The predicted octanol–water partition coefficient (Wildman–Crippen LogP) is 0.847. The Morgan fingerprint density at radius 1 is 1.16 bits per heavy atom. The molecule has 1 aromatic rings. The SMILES string of the molecule is CCCC(=O)O[C@@H]1[C@@H]2C(=C(O)c3c(O)cccc3[C@H]2C)C(=O)[C@@]2(O)C(O)=C(C(N)=O)C(=O)[C@H](N(C)C)[C@@H]12. The van der Waals surface area contributed by atoms with Crippen LogP contribution in [0.3, 0.4) is 0 Å². The van der Waals surface area contributed by atoms with E-state index in [0.29, 0.717) is 12.0 Å². The highest BCUT2D eigenvalue weighted by molar-refractivity contribution is 6.24. The van der Waals surface area contributed by atoms with Crippen molar-refractivity contribution in [3.8, 4) is 5.75 Å². The fraction of sp³-hybridized carbons (Fsp3) is 0.462. The summed E-state index contributed by atoms with van der Waals surface area (Å²) < 4.78 is 5.83. The first-order valence-electron chi connectivity index (χ1n) is 12.0. The summed E-state index contributed by atoms with van der Waals surface area (Å²) in [6.07, 6.45) is -0.969. The van der Waals surface area contributed by atoms with Crippen LogP contribution in [0.2, 0.25) is 0 Å². The number of carbonyl (C=O) groups is 4. The number of likely N-dealkylation sites (N-methyl/N-ethyl adjacent to an activating group) is 1. The zero-order chi connectivity index (χ0) is 27.6. The molecule has 1 saturated carbocycles. The zero-order valence-corrected chi connectivity index (χ0v) is 20.9. The molecule has 1 amide bonds. The number of phenols is 1. The molecule has 6 atom stereocenters. The van der Waals surface area contributed by atoms with E-state index in [0.717, 1.165) is 0 Å². The molecule has 0 bridgehead atoms. The third-order valence-electron chi connectivity index (χ3n) is 7.69. The fourth-order valence-electron chi connectivity index (χ4n) is 6.10. The van der Waals surface area contributed by atoms with Gasteiger partial charge in [0.25, 0.3) is 5.91 Å². The average Bonchev–Trinajstić information content (AvgIpc) is 2.80. The van der Waals surface area contributed by atoms with E-state index in [1.807, 2.05) is 0 Å². The Morgan fingerprint density at radius 2 is 1.81 bits per heavy atom. The number of rotatable bonds is 5. The topological polar surface area (TPSA) is 188 Å². The number of amides is 1. The van der Waals surface area contributed by atoms with Crippen molar-refractivity contribution in [1.29, 1.82) is 0 Å². The molecule has 0 aromatic heterocycles. The number of hydrogen-bond donors (Lipinski definition) is 5. The van der Waals surface area contributed by atoms with Crippen molar-refractivity contribution in [2.75, 3.05) is 14.1 Å². The number of aliphatic hydroxyl groups is 3. The summed E-state index contributed by atoms with van der Waals surface area (Å²) in [5, 5.41) is 44.7. The van der Waals surface area contributed by atoms with E-state index < -0.39 is 81.6 Å². The third kappa shape index (κ3) is 3.56. The van der Waals surface area contributed by atoms with E-state index in [2.05, 4.69) is 0 Å². The van der Waals surface area contributed by atoms with Gasteiger partial charge in [0.2, 0.25) is 5.78 Å². The fourth-order valence-corrected chi connectivity index (χ4v) is 6.10. The molecule has 0 spiro atoms. The van der Waals surface area contributed by atoms with E-state index >= 15 is 0 Å². The van der Waals surface area contributed by atoms with Gasteiger partial charge < -0.3 is 30.9 Å². The molecule has 11 nitrogen and oxygen atoms in total. The highest BCUT2D eigenvalue weighted by Gasteiger charge is 2.69. The molecule has 3 aliphatic rings. The van der Waals surface area contributed by atoms with Gasteiger partial charge in [0.15, 0.2) is 11.4 Å². The summed E-state index contributed by atoms with van der Waals surface area (Å²) in [7, 11) is 2.94. The van der Waals surface area contributed by atoms with Gasteiger partial charge in [-0.25, -0.2) is 0 Å². The van der Waals surface area contributed by atoms with Crippen molar-refractivity contribution < 1.29 is 44.3 Å². The van der Waals surface area contributed by atoms with Crippen LogP contribution in [0.4, 0.5) is 0 Å². The smallest absolute Gasteiger partial charge is 0.306 e. The minimum absolute atomic E-state index is 0.00592. The van der Waals surface area contributed by atoms with Gasteiger partial charge in [-0.2, -0.15) is 0 Å². The Bertz CT molecular complexity index is 1280. The maximum atomic E-state index is 14.0. The number of carbonyl (C=O) groups excluding carboxylic acids is 4. The predicted molar refractivity (Wildman–Crippen MR) is 129 cm³/mol. The maximum Gasteiger partial charge on any atom is 0.306 e. The van der Waals surface area contributed by atoms with E-state index in [-0.39, 0.29) is 17.7 Å². The number of phenolic OH excluding ortho intramolecular Hbond substituents is 1. The Morgan fingerprint density at radius 3 is 2.38 bits per heavy atom. The van der Waals surface area contributed by atoms with Crippen LogP contribution in [-0.2, 0) is 23.9 Å².